The number of hydrogen-bond acceptors (Lipinski definition) is 3. The molecule has 0 saturated carbocycles. The summed E-state index contributed by atoms with van der Waals surface area (Å²) < 4.78 is 0. The maximum Gasteiger partial charge on any atom is 0.308 e. The minimum absolute atomic E-state index is 0.0556. The van der Waals surface area contributed by atoms with Crippen molar-refractivity contribution in [1.29, 1.82) is 0 Å². The van der Waals surface area contributed by atoms with E-state index < -0.39 is 11.9 Å². The average molecular weight is 293 g/mol. The van der Waals surface area contributed by atoms with Crippen LogP contribution in [0.25, 0.3) is 0 Å². The molecule has 1 saturated heterocycles. The normalized spacial score (nSPS) is 29.2. The van der Waals surface area contributed by atoms with Crippen LogP contribution in [0.3, 0.4) is 0 Å². The molecule has 3 unspecified atom stereocenters. The first-order valence-corrected chi connectivity index (χ1v) is 8.07. The van der Waals surface area contributed by atoms with Crippen molar-refractivity contribution in [3.8, 4) is 0 Å². The first-order valence-electron chi connectivity index (χ1n) is 7.19. The number of nitrogens with zero attached hydrogens (tertiary/aromatic N) is 1. The van der Waals surface area contributed by atoms with Crippen molar-refractivity contribution in [2.45, 2.75) is 44.6 Å². The molecule has 1 aliphatic carbocycles. The Labute approximate surface area is 122 Å². The smallest absolute Gasteiger partial charge is 0.308 e. The number of fused-ring (bicyclic) bond motifs is 1. The summed E-state index contributed by atoms with van der Waals surface area (Å²) >= 11 is 1.73. The van der Waals surface area contributed by atoms with Crippen molar-refractivity contribution in [3.63, 3.8) is 0 Å². The number of aryl methyl sites for hydroxylation is 1. The Morgan fingerprint density at radius 2 is 2.20 bits per heavy atom. The predicted molar refractivity (Wildman–Crippen MR) is 76.9 cm³/mol. The van der Waals surface area contributed by atoms with E-state index >= 15 is 0 Å². The van der Waals surface area contributed by atoms with Gasteiger partial charge in [0.25, 0.3) is 0 Å². The van der Waals surface area contributed by atoms with Gasteiger partial charge in [-0.3, -0.25) is 9.59 Å². The molecule has 0 aromatic carbocycles. The zero-order valence-corrected chi connectivity index (χ0v) is 12.4. The molecule has 1 fully saturated rings. The van der Waals surface area contributed by atoms with E-state index in [0.29, 0.717) is 13.0 Å². The molecule has 5 heteroatoms. The summed E-state index contributed by atoms with van der Waals surface area (Å²) in [6, 6.07) is 1.88. The Morgan fingerprint density at radius 1 is 1.40 bits per heavy atom. The van der Waals surface area contributed by atoms with Crippen LogP contribution in [0.5, 0.6) is 0 Å². The largest absolute Gasteiger partial charge is 0.481 e. The number of carboxylic acids is 1. The van der Waals surface area contributed by atoms with Gasteiger partial charge in [-0.1, -0.05) is 0 Å². The number of thiophene rings is 1. The van der Waals surface area contributed by atoms with Gasteiger partial charge >= 0.3 is 5.97 Å². The van der Waals surface area contributed by atoms with Crippen molar-refractivity contribution < 1.29 is 14.7 Å². The molecule has 0 radical (unpaired) electrons. The van der Waals surface area contributed by atoms with Crippen molar-refractivity contribution in [3.05, 3.63) is 21.9 Å². The van der Waals surface area contributed by atoms with Gasteiger partial charge in [-0.2, -0.15) is 0 Å². The van der Waals surface area contributed by atoms with E-state index in [1.807, 2.05) is 6.92 Å². The van der Waals surface area contributed by atoms with Crippen LogP contribution >= 0.6 is 11.3 Å². The number of carboxylic acid groups (broad SMARTS) is 1. The van der Waals surface area contributed by atoms with Crippen LogP contribution in [0.4, 0.5) is 0 Å². The molecule has 3 atom stereocenters. The molecular formula is C15H19NO3S. The number of likely N-dealkylation sites (tertiary alicyclic amines) is 1. The van der Waals surface area contributed by atoms with Crippen LogP contribution in [-0.2, 0) is 16.0 Å². The molecule has 0 spiro atoms. The highest BCUT2D eigenvalue weighted by molar-refractivity contribution is 7.10. The third-order valence-electron chi connectivity index (χ3n) is 4.71. The van der Waals surface area contributed by atoms with Gasteiger partial charge in [0.1, 0.15) is 0 Å². The lowest BCUT2D eigenvalue weighted by Crippen LogP contribution is -2.41. The molecule has 0 bridgehead atoms. The van der Waals surface area contributed by atoms with Gasteiger partial charge in [-0.15, -0.1) is 11.3 Å². The zero-order chi connectivity index (χ0) is 14.3. The van der Waals surface area contributed by atoms with Crippen molar-refractivity contribution in [2.75, 3.05) is 6.54 Å². The highest BCUT2D eigenvalue weighted by Crippen LogP contribution is 2.38. The number of hydrogen-bond donors (Lipinski definition) is 1. The third-order valence-corrected chi connectivity index (χ3v) is 5.70. The first-order chi connectivity index (χ1) is 9.59. The number of carbonyl (C=O) groups excluding carboxylic acids is 1. The zero-order valence-electron chi connectivity index (χ0n) is 11.5. The van der Waals surface area contributed by atoms with E-state index in [4.69, 9.17) is 0 Å². The monoisotopic (exact) mass is 293 g/mol. The molecule has 2 heterocycles. The molecule has 1 aliphatic heterocycles. The Bertz CT molecular complexity index is 539. The fourth-order valence-electron chi connectivity index (χ4n) is 3.52. The number of aliphatic carboxylic acids is 1. The van der Waals surface area contributed by atoms with Gasteiger partial charge in [0.15, 0.2) is 0 Å². The summed E-state index contributed by atoms with van der Waals surface area (Å²) in [5.74, 6) is -1.13. The minimum atomic E-state index is -0.785. The summed E-state index contributed by atoms with van der Waals surface area (Å²) in [4.78, 5) is 27.1. The molecule has 1 amide bonds. The summed E-state index contributed by atoms with van der Waals surface area (Å²) in [7, 11) is 0. The van der Waals surface area contributed by atoms with Crippen LogP contribution in [-0.4, -0.2) is 34.5 Å². The summed E-state index contributed by atoms with van der Waals surface area (Å²) in [5, 5.41) is 11.2. The van der Waals surface area contributed by atoms with Crippen molar-refractivity contribution in [2.24, 2.45) is 5.92 Å². The molecule has 1 aromatic rings. The fraction of sp³-hybridized carbons (Fsp3) is 0.600. The van der Waals surface area contributed by atoms with Crippen LogP contribution < -0.4 is 0 Å². The quantitative estimate of drug-likeness (QED) is 0.911. The topological polar surface area (TPSA) is 57.6 Å². The van der Waals surface area contributed by atoms with E-state index in [1.165, 1.54) is 10.4 Å². The molecule has 2 aliphatic rings. The standard InChI is InChI=1S/C15H19NO3S/c1-9-10(15(18)19)5-7-16(9)14(17)12-3-2-4-13-11(12)6-8-20-13/h6,8-10,12H,2-5,7H2,1H3,(H,18,19). The molecule has 1 aromatic heterocycles. The fourth-order valence-corrected chi connectivity index (χ4v) is 4.51. The molecular weight excluding hydrogens is 274 g/mol. The van der Waals surface area contributed by atoms with E-state index in [2.05, 4.69) is 11.4 Å². The third kappa shape index (κ3) is 2.14. The maximum absolute atomic E-state index is 12.8. The van der Waals surface area contributed by atoms with E-state index in [-0.39, 0.29) is 17.9 Å². The van der Waals surface area contributed by atoms with Gasteiger partial charge in [0.05, 0.1) is 11.8 Å². The molecule has 4 nitrogen and oxygen atoms in total. The minimum Gasteiger partial charge on any atom is -0.481 e. The highest BCUT2D eigenvalue weighted by atomic mass is 32.1. The van der Waals surface area contributed by atoms with Gasteiger partial charge in [-0.05, 0) is 49.6 Å². The van der Waals surface area contributed by atoms with Gasteiger partial charge in [0, 0.05) is 17.5 Å². The second-order valence-corrected chi connectivity index (χ2v) is 6.75. The lowest BCUT2D eigenvalue weighted by atomic mass is 9.86. The summed E-state index contributed by atoms with van der Waals surface area (Å²) in [6.45, 7) is 2.44. The average Bonchev–Trinajstić information content (AvgIpc) is 3.03. The lowest BCUT2D eigenvalue weighted by Gasteiger charge is -2.30. The lowest BCUT2D eigenvalue weighted by molar-refractivity contribution is -0.143. The van der Waals surface area contributed by atoms with Crippen molar-refractivity contribution in [1.82, 2.24) is 4.90 Å². The second-order valence-electron chi connectivity index (χ2n) is 5.75. The van der Waals surface area contributed by atoms with Gasteiger partial charge < -0.3 is 10.0 Å². The molecule has 3 rings (SSSR count). The number of amides is 1. The van der Waals surface area contributed by atoms with E-state index in [0.717, 1.165) is 19.3 Å². The Balaban J connectivity index is 1.80. The first kappa shape index (κ1) is 13.6. The van der Waals surface area contributed by atoms with E-state index in [9.17, 15) is 14.7 Å². The van der Waals surface area contributed by atoms with Crippen LogP contribution in [0.15, 0.2) is 11.4 Å². The van der Waals surface area contributed by atoms with Crippen LogP contribution in [0, 0.1) is 5.92 Å². The Hall–Kier alpha value is -1.36. The van der Waals surface area contributed by atoms with Gasteiger partial charge in [0.2, 0.25) is 5.91 Å². The van der Waals surface area contributed by atoms with Crippen molar-refractivity contribution >= 4 is 23.2 Å². The van der Waals surface area contributed by atoms with Crippen LogP contribution in [0.2, 0.25) is 0 Å². The number of rotatable bonds is 2. The maximum atomic E-state index is 12.8. The predicted octanol–water partition coefficient (Wildman–Crippen LogP) is 2.49. The summed E-state index contributed by atoms with van der Waals surface area (Å²) in [5.41, 5.74) is 1.18. The second kappa shape index (κ2) is 5.20. The Morgan fingerprint density at radius 3 is 2.90 bits per heavy atom. The molecule has 108 valence electrons. The highest BCUT2D eigenvalue weighted by Gasteiger charge is 2.41. The molecule has 20 heavy (non-hydrogen) atoms. The molecule has 1 N–H and O–H groups in total. The SMILES string of the molecule is CC1C(C(=O)O)CCN1C(=O)C1CCCc2sccc21. The summed E-state index contributed by atoms with van der Waals surface area (Å²) in [6.07, 6.45) is 3.59. The Kier molecular flexibility index (Phi) is 3.54. The van der Waals surface area contributed by atoms with Crippen LogP contribution in [0.1, 0.15) is 42.5 Å². The van der Waals surface area contributed by atoms with E-state index in [1.54, 1.807) is 16.2 Å². The number of carbonyl (C=O) groups is 2. The van der Waals surface area contributed by atoms with Gasteiger partial charge in [-0.25, -0.2) is 0 Å².